The van der Waals surface area contributed by atoms with Gasteiger partial charge in [0.25, 0.3) is 0 Å². The summed E-state index contributed by atoms with van der Waals surface area (Å²) in [5.41, 5.74) is 2.95. The molecule has 0 aromatic carbocycles. The third kappa shape index (κ3) is 11.1. The van der Waals surface area contributed by atoms with Gasteiger partial charge >= 0.3 is 5.97 Å². The number of fused-ring (bicyclic) bond motifs is 1. The standard InChI is InChI=1S/C31H46N6O8/c1-2-25-22-34-37-27(19-28(35-31(25)37)36-9-4-3-5-26(36)8-10-38)32-20-24-6-7-29(33-21-24)45-18-17-43-14-13-41-11-12-42-15-16-44-23-30(39)40/h6-7,19,21-22,26,32,38H,2-5,8-18,20,23H2,1H3,(H,39,40)/t26-/m0/s1. The Morgan fingerprint density at radius 1 is 1.00 bits per heavy atom. The highest BCUT2D eigenvalue weighted by molar-refractivity contribution is 5.68. The van der Waals surface area contributed by atoms with Crippen LogP contribution in [0.5, 0.6) is 5.88 Å². The van der Waals surface area contributed by atoms with Crippen LogP contribution in [0, 0.1) is 0 Å². The van der Waals surface area contributed by atoms with Crippen LogP contribution in [-0.4, -0.2) is 114 Å². The van der Waals surface area contributed by atoms with Gasteiger partial charge in [-0.25, -0.2) is 14.8 Å². The molecule has 0 unspecified atom stereocenters. The molecular weight excluding hydrogens is 584 g/mol. The minimum atomic E-state index is -0.998. The van der Waals surface area contributed by atoms with E-state index in [1.54, 1.807) is 6.20 Å². The van der Waals surface area contributed by atoms with Crippen molar-refractivity contribution in [3.63, 3.8) is 0 Å². The van der Waals surface area contributed by atoms with E-state index >= 15 is 0 Å². The average molecular weight is 631 g/mol. The summed E-state index contributed by atoms with van der Waals surface area (Å²) in [5, 5.41) is 26.2. The second-order valence-electron chi connectivity index (χ2n) is 10.6. The zero-order valence-corrected chi connectivity index (χ0v) is 26.1. The number of aromatic nitrogens is 4. The molecule has 0 aliphatic carbocycles. The first-order valence-electron chi connectivity index (χ1n) is 15.7. The maximum atomic E-state index is 10.3. The lowest BCUT2D eigenvalue weighted by atomic mass is 9.99. The number of aliphatic hydroxyl groups is 1. The largest absolute Gasteiger partial charge is 0.480 e. The van der Waals surface area contributed by atoms with Gasteiger partial charge in [-0.3, -0.25) is 0 Å². The van der Waals surface area contributed by atoms with Crippen LogP contribution in [0.3, 0.4) is 0 Å². The number of carbonyl (C=O) groups is 1. The molecule has 14 nitrogen and oxygen atoms in total. The highest BCUT2D eigenvalue weighted by Crippen LogP contribution is 2.29. The predicted molar refractivity (Wildman–Crippen MR) is 167 cm³/mol. The van der Waals surface area contributed by atoms with Gasteiger partial charge in [-0.1, -0.05) is 13.0 Å². The van der Waals surface area contributed by atoms with E-state index < -0.39 is 5.97 Å². The number of nitrogens with zero attached hydrogens (tertiary/aromatic N) is 5. The van der Waals surface area contributed by atoms with Gasteiger partial charge in [-0.2, -0.15) is 9.61 Å². The molecule has 0 spiro atoms. The summed E-state index contributed by atoms with van der Waals surface area (Å²) < 4.78 is 28.7. The fourth-order valence-corrected chi connectivity index (χ4v) is 5.09. The van der Waals surface area contributed by atoms with Crippen molar-refractivity contribution in [1.82, 2.24) is 19.6 Å². The van der Waals surface area contributed by atoms with Crippen molar-refractivity contribution in [3.05, 3.63) is 41.7 Å². The number of hydrogen-bond acceptors (Lipinski definition) is 12. The summed E-state index contributed by atoms with van der Waals surface area (Å²) >= 11 is 0. The van der Waals surface area contributed by atoms with Crippen LogP contribution >= 0.6 is 0 Å². The molecule has 1 aliphatic heterocycles. The molecule has 0 radical (unpaired) electrons. The minimum Gasteiger partial charge on any atom is -0.480 e. The highest BCUT2D eigenvalue weighted by atomic mass is 16.6. The first kappa shape index (κ1) is 34.3. The summed E-state index contributed by atoms with van der Waals surface area (Å²) in [6, 6.07) is 6.16. The second kappa shape index (κ2) is 19.1. The Morgan fingerprint density at radius 3 is 2.40 bits per heavy atom. The Morgan fingerprint density at radius 2 is 1.73 bits per heavy atom. The molecule has 4 heterocycles. The van der Waals surface area contributed by atoms with Crippen LogP contribution in [0.1, 0.15) is 43.7 Å². The van der Waals surface area contributed by atoms with Crippen molar-refractivity contribution in [1.29, 1.82) is 0 Å². The van der Waals surface area contributed by atoms with E-state index in [0.717, 1.165) is 60.6 Å². The fourth-order valence-electron chi connectivity index (χ4n) is 5.09. The van der Waals surface area contributed by atoms with Crippen molar-refractivity contribution >= 4 is 23.3 Å². The lowest BCUT2D eigenvalue weighted by Gasteiger charge is -2.36. The van der Waals surface area contributed by atoms with E-state index in [1.165, 1.54) is 6.42 Å². The monoisotopic (exact) mass is 630 g/mol. The number of pyridine rings is 1. The number of aliphatic carboxylic acids is 1. The summed E-state index contributed by atoms with van der Waals surface area (Å²) in [4.78, 5) is 22.1. The summed E-state index contributed by atoms with van der Waals surface area (Å²) in [6.07, 6.45) is 8.60. The number of carboxylic acids is 1. The van der Waals surface area contributed by atoms with Crippen molar-refractivity contribution < 1.29 is 38.7 Å². The molecule has 3 N–H and O–H groups in total. The van der Waals surface area contributed by atoms with Gasteiger partial charge < -0.3 is 44.1 Å². The molecule has 0 saturated carbocycles. The number of aliphatic hydroxyl groups excluding tert-OH is 1. The molecule has 14 heteroatoms. The van der Waals surface area contributed by atoms with E-state index in [-0.39, 0.29) is 25.9 Å². The van der Waals surface area contributed by atoms with Gasteiger partial charge in [0.15, 0.2) is 5.65 Å². The fraction of sp³-hybridized carbons (Fsp3) is 0.613. The Labute approximate surface area is 263 Å². The average Bonchev–Trinajstić information content (AvgIpc) is 3.48. The molecular formula is C31H46N6O8. The number of rotatable bonds is 22. The molecule has 0 amide bonds. The molecule has 45 heavy (non-hydrogen) atoms. The lowest BCUT2D eigenvalue weighted by molar-refractivity contribution is -0.142. The van der Waals surface area contributed by atoms with Crippen molar-refractivity contribution in [2.45, 2.75) is 51.6 Å². The smallest absolute Gasteiger partial charge is 0.329 e. The van der Waals surface area contributed by atoms with Crippen molar-refractivity contribution in [2.75, 3.05) is 82.8 Å². The highest BCUT2D eigenvalue weighted by Gasteiger charge is 2.25. The van der Waals surface area contributed by atoms with Crippen LogP contribution in [0.2, 0.25) is 0 Å². The molecule has 3 aromatic heterocycles. The molecule has 3 aromatic rings. The van der Waals surface area contributed by atoms with Gasteiger partial charge in [0.1, 0.15) is 24.8 Å². The normalized spacial score (nSPS) is 15.1. The van der Waals surface area contributed by atoms with Crippen LogP contribution < -0.4 is 15.0 Å². The van der Waals surface area contributed by atoms with E-state index in [0.29, 0.717) is 58.7 Å². The maximum Gasteiger partial charge on any atom is 0.329 e. The Bertz CT molecular complexity index is 1290. The van der Waals surface area contributed by atoms with Crippen LogP contribution in [0.4, 0.5) is 11.6 Å². The molecule has 1 fully saturated rings. The van der Waals surface area contributed by atoms with E-state index in [1.807, 2.05) is 22.8 Å². The van der Waals surface area contributed by atoms with E-state index in [4.69, 9.17) is 33.8 Å². The number of anilines is 2. The Balaban J connectivity index is 1.17. The van der Waals surface area contributed by atoms with Gasteiger partial charge in [-0.05, 0) is 37.7 Å². The summed E-state index contributed by atoms with van der Waals surface area (Å²) in [5.74, 6) is 1.30. The summed E-state index contributed by atoms with van der Waals surface area (Å²) in [7, 11) is 0. The molecule has 248 valence electrons. The Kier molecular flexibility index (Phi) is 14.5. The van der Waals surface area contributed by atoms with Gasteiger partial charge in [0, 0.05) is 49.6 Å². The molecule has 4 rings (SSSR count). The SMILES string of the molecule is CCc1cnn2c(NCc3ccc(OCCOCCOCCOCCOCC(=O)O)nc3)cc(N3CCCC[C@H]3CCO)nc12. The number of hydrogen-bond donors (Lipinski definition) is 3. The molecule has 1 aliphatic rings. The van der Waals surface area contributed by atoms with Gasteiger partial charge in [0.2, 0.25) is 5.88 Å². The minimum absolute atomic E-state index is 0.172. The van der Waals surface area contributed by atoms with Crippen LogP contribution in [0.25, 0.3) is 5.65 Å². The van der Waals surface area contributed by atoms with E-state index in [9.17, 15) is 9.90 Å². The molecule has 0 bridgehead atoms. The zero-order chi connectivity index (χ0) is 31.7. The van der Waals surface area contributed by atoms with Crippen molar-refractivity contribution in [3.8, 4) is 5.88 Å². The predicted octanol–water partition coefficient (Wildman–Crippen LogP) is 2.57. The topological polar surface area (TPSA) is 162 Å². The first-order chi connectivity index (χ1) is 22.1. The zero-order valence-electron chi connectivity index (χ0n) is 26.1. The molecule has 1 saturated heterocycles. The lowest BCUT2D eigenvalue weighted by Crippen LogP contribution is -2.40. The van der Waals surface area contributed by atoms with Crippen LogP contribution in [-0.2, 0) is 36.7 Å². The maximum absolute atomic E-state index is 10.3. The third-order valence-electron chi connectivity index (χ3n) is 7.39. The van der Waals surface area contributed by atoms with E-state index in [2.05, 4.69) is 33.3 Å². The number of ether oxygens (including phenoxy) is 5. The number of nitrogens with one attached hydrogen (secondary N) is 1. The Hall–Kier alpha value is -3.56. The van der Waals surface area contributed by atoms with Gasteiger partial charge in [-0.15, -0.1) is 0 Å². The van der Waals surface area contributed by atoms with Crippen LogP contribution in [0.15, 0.2) is 30.6 Å². The third-order valence-corrected chi connectivity index (χ3v) is 7.39. The van der Waals surface area contributed by atoms with Crippen molar-refractivity contribution in [2.24, 2.45) is 0 Å². The van der Waals surface area contributed by atoms with Gasteiger partial charge in [0.05, 0.1) is 52.4 Å². The second-order valence-corrected chi connectivity index (χ2v) is 10.6. The number of piperidine rings is 1. The summed E-state index contributed by atoms with van der Waals surface area (Å²) in [6.45, 7) is 6.46. The number of aryl methyl sites for hydroxylation is 1. The number of carboxylic acid groups (broad SMARTS) is 1. The molecule has 1 atom stereocenters. The quantitative estimate of drug-likeness (QED) is 0.139. The first-order valence-corrected chi connectivity index (χ1v) is 15.7.